The molecule has 1 aromatic carbocycles. The van der Waals surface area contributed by atoms with Crippen LogP contribution in [0.5, 0.6) is 0 Å². The molecule has 0 amide bonds. The molecule has 0 spiro atoms. The Hall–Kier alpha value is -1.35. The van der Waals surface area contributed by atoms with Gasteiger partial charge in [0.1, 0.15) is 6.54 Å². The first kappa shape index (κ1) is 12.1. The second-order valence-electron chi connectivity index (χ2n) is 5.18. The number of ether oxygens (including phenoxy) is 1. The molecule has 1 atom stereocenters. The lowest BCUT2D eigenvalue weighted by Crippen LogP contribution is -2.56. The van der Waals surface area contributed by atoms with Gasteiger partial charge in [0, 0.05) is 12.0 Å². The van der Waals surface area contributed by atoms with Crippen molar-refractivity contribution in [2.75, 3.05) is 20.7 Å². The van der Waals surface area contributed by atoms with E-state index in [9.17, 15) is 4.79 Å². The molecule has 0 N–H and O–H groups in total. The van der Waals surface area contributed by atoms with Crippen LogP contribution in [0.3, 0.4) is 0 Å². The smallest absolute Gasteiger partial charge is 0.365 e. The van der Waals surface area contributed by atoms with Crippen molar-refractivity contribution in [1.29, 1.82) is 0 Å². The summed E-state index contributed by atoms with van der Waals surface area (Å²) >= 11 is 0. The molecule has 1 unspecified atom stereocenters. The average molecular weight is 234 g/mol. The maximum atomic E-state index is 12.0. The summed E-state index contributed by atoms with van der Waals surface area (Å²) in [6.45, 7) is 3.20. The van der Waals surface area contributed by atoms with Gasteiger partial charge in [-0.3, -0.25) is 0 Å². The lowest BCUT2D eigenvalue weighted by molar-refractivity contribution is -0.921. The molecule has 1 aliphatic heterocycles. The molecule has 0 bridgehead atoms. The van der Waals surface area contributed by atoms with Crippen molar-refractivity contribution in [2.24, 2.45) is 0 Å². The average Bonchev–Trinajstić information content (AvgIpc) is 2.27. The van der Waals surface area contributed by atoms with E-state index in [1.54, 1.807) is 0 Å². The number of esters is 1. The Bertz CT molecular complexity index is 426. The second-order valence-corrected chi connectivity index (χ2v) is 5.18. The second kappa shape index (κ2) is 4.49. The van der Waals surface area contributed by atoms with E-state index in [1.807, 2.05) is 13.0 Å². The van der Waals surface area contributed by atoms with Crippen LogP contribution in [0.2, 0.25) is 0 Å². The van der Waals surface area contributed by atoms with Crippen molar-refractivity contribution in [3.05, 3.63) is 35.4 Å². The first-order valence-electron chi connectivity index (χ1n) is 6.10. The minimum absolute atomic E-state index is 0.0768. The standard InChI is InChI=1S/C14H20NO2/c1-4-17-14(16)13-9-11-7-5-6-8-12(11)10-15(13,2)3/h5-8,13H,4,9-10H2,1-3H3/q+1. The van der Waals surface area contributed by atoms with Crippen LogP contribution < -0.4 is 0 Å². The molecule has 0 aliphatic carbocycles. The Morgan fingerprint density at radius 2 is 2.00 bits per heavy atom. The number of quaternary nitrogens is 1. The van der Waals surface area contributed by atoms with Crippen molar-refractivity contribution in [2.45, 2.75) is 25.9 Å². The van der Waals surface area contributed by atoms with E-state index in [4.69, 9.17) is 4.74 Å². The predicted molar refractivity (Wildman–Crippen MR) is 66.4 cm³/mol. The maximum absolute atomic E-state index is 12.0. The van der Waals surface area contributed by atoms with E-state index < -0.39 is 0 Å². The lowest BCUT2D eigenvalue weighted by Gasteiger charge is -2.40. The number of likely N-dealkylation sites (N-methyl/N-ethyl adjacent to an activating group) is 1. The summed E-state index contributed by atoms with van der Waals surface area (Å²) in [5.74, 6) is -0.0768. The number of carbonyl (C=O) groups is 1. The summed E-state index contributed by atoms with van der Waals surface area (Å²) in [4.78, 5) is 12.0. The molecule has 1 aliphatic rings. The molecule has 0 saturated carbocycles. The summed E-state index contributed by atoms with van der Waals surface area (Å²) in [5, 5.41) is 0. The van der Waals surface area contributed by atoms with Gasteiger partial charge in [-0.15, -0.1) is 0 Å². The van der Waals surface area contributed by atoms with Crippen molar-refractivity contribution in [3.8, 4) is 0 Å². The molecule has 2 rings (SSSR count). The zero-order chi connectivity index (χ0) is 12.5. The number of fused-ring (bicyclic) bond motifs is 1. The summed E-state index contributed by atoms with van der Waals surface area (Å²) in [6, 6.07) is 8.28. The van der Waals surface area contributed by atoms with Gasteiger partial charge in [0.25, 0.3) is 0 Å². The summed E-state index contributed by atoms with van der Waals surface area (Å²) in [7, 11) is 4.19. The largest absolute Gasteiger partial charge is 0.462 e. The maximum Gasteiger partial charge on any atom is 0.365 e. The molecule has 1 aromatic rings. The number of hydrogen-bond acceptors (Lipinski definition) is 2. The van der Waals surface area contributed by atoms with Gasteiger partial charge in [-0.25, -0.2) is 4.79 Å². The third kappa shape index (κ3) is 2.34. The number of benzene rings is 1. The van der Waals surface area contributed by atoms with E-state index in [1.165, 1.54) is 11.1 Å². The Kier molecular flexibility index (Phi) is 3.20. The van der Waals surface area contributed by atoms with Gasteiger partial charge in [0.15, 0.2) is 6.04 Å². The van der Waals surface area contributed by atoms with Crippen LogP contribution >= 0.6 is 0 Å². The molecule has 92 valence electrons. The van der Waals surface area contributed by atoms with Crippen LogP contribution in [-0.4, -0.2) is 37.2 Å². The third-order valence-electron chi connectivity index (χ3n) is 3.51. The van der Waals surface area contributed by atoms with Gasteiger partial charge in [-0.05, 0) is 12.5 Å². The molecule has 17 heavy (non-hydrogen) atoms. The molecule has 1 heterocycles. The van der Waals surface area contributed by atoms with Gasteiger partial charge in [-0.2, -0.15) is 0 Å². The lowest BCUT2D eigenvalue weighted by atomic mass is 9.92. The fraction of sp³-hybridized carbons (Fsp3) is 0.500. The highest BCUT2D eigenvalue weighted by molar-refractivity contribution is 5.75. The van der Waals surface area contributed by atoms with Crippen LogP contribution in [0.1, 0.15) is 18.1 Å². The molecule has 3 heteroatoms. The Labute approximate surface area is 103 Å². The van der Waals surface area contributed by atoms with Crippen LogP contribution in [0.25, 0.3) is 0 Å². The highest BCUT2D eigenvalue weighted by Crippen LogP contribution is 2.27. The highest BCUT2D eigenvalue weighted by atomic mass is 16.5. The van der Waals surface area contributed by atoms with E-state index in [2.05, 4.69) is 32.3 Å². The summed E-state index contributed by atoms with van der Waals surface area (Å²) in [6.07, 6.45) is 0.780. The van der Waals surface area contributed by atoms with E-state index >= 15 is 0 Å². The quantitative estimate of drug-likeness (QED) is 0.575. The minimum Gasteiger partial charge on any atom is -0.462 e. The summed E-state index contributed by atoms with van der Waals surface area (Å²) in [5.41, 5.74) is 2.63. The molecule has 0 aromatic heterocycles. The number of rotatable bonds is 2. The summed E-state index contributed by atoms with van der Waals surface area (Å²) < 4.78 is 5.85. The highest BCUT2D eigenvalue weighted by Gasteiger charge is 2.40. The molecule has 3 nitrogen and oxygen atoms in total. The SMILES string of the molecule is CCOC(=O)C1Cc2ccccc2C[N+]1(C)C. The number of nitrogens with zero attached hydrogens (tertiary/aromatic N) is 1. The van der Waals surface area contributed by atoms with Crippen LogP contribution in [0.4, 0.5) is 0 Å². The van der Waals surface area contributed by atoms with Crippen molar-refractivity contribution >= 4 is 5.97 Å². The minimum atomic E-state index is -0.0788. The van der Waals surface area contributed by atoms with E-state index in [0.29, 0.717) is 11.1 Å². The number of carbonyl (C=O) groups excluding carboxylic acids is 1. The van der Waals surface area contributed by atoms with Crippen molar-refractivity contribution in [3.63, 3.8) is 0 Å². The fourth-order valence-corrected chi connectivity index (χ4v) is 2.52. The fourth-order valence-electron chi connectivity index (χ4n) is 2.52. The van der Waals surface area contributed by atoms with Crippen LogP contribution in [-0.2, 0) is 22.5 Å². The molecular weight excluding hydrogens is 214 g/mol. The monoisotopic (exact) mass is 234 g/mol. The normalized spacial score (nSPS) is 21.7. The van der Waals surface area contributed by atoms with Gasteiger partial charge in [0.05, 0.1) is 20.7 Å². The topological polar surface area (TPSA) is 26.3 Å². The predicted octanol–water partition coefficient (Wildman–Crippen LogP) is 1.75. The Morgan fingerprint density at radius 3 is 2.65 bits per heavy atom. The van der Waals surface area contributed by atoms with Gasteiger partial charge in [-0.1, -0.05) is 24.3 Å². The van der Waals surface area contributed by atoms with Gasteiger partial charge < -0.3 is 9.22 Å². The van der Waals surface area contributed by atoms with Crippen LogP contribution in [0, 0.1) is 0 Å². The van der Waals surface area contributed by atoms with Gasteiger partial charge in [0.2, 0.25) is 0 Å². The van der Waals surface area contributed by atoms with E-state index in [0.717, 1.165) is 13.0 Å². The number of hydrogen-bond donors (Lipinski definition) is 0. The first-order valence-corrected chi connectivity index (χ1v) is 6.10. The Balaban J connectivity index is 2.28. The zero-order valence-corrected chi connectivity index (χ0v) is 10.8. The van der Waals surface area contributed by atoms with Crippen molar-refractivity contribution in [1.82, 2.24) is 0 Å². The molecule has 0 saturated heterocycles. The first-order chi connectivity index (χ1) is 8.04. The molecule has 0 fully saturated rings. The van der Waals surface area contributed by atoms with E-state index in [-0.39, 0.29) is 12.0 Å². The third-order valence-corrected chi connectivity index (χ3v) is 3.51. The zero-order valence-electron chi connectivity index (χ0n) is 10.8. The molecular formula is C14H20NO2+. The van der Waals surface area contributed by atoms with Gasteiger partial charge >= 0.3 is 5.97 Å². The molecule has 0 radical (unpaired) electrons. The van der Waals surface area contributed by atoms with Crippen molar-refractivity contribution < 1.29 is 14.0 Å². The Morgan fingerprint density at radius 1 is 1.35 bits per heavy atom. The van der Waals surface area contributed by atoms with Crippen LogP contribution in [0.15, 0.2) is 24.3 Å².